The van der Waals surface area contributed by atoms with E-state index in [1.807, 2.05) is 20.8 Å². The Labute approximate surface area is 396 Å². The lowest BCUT2D eigenvalue weighted by Gasteiger charge is -2.25. The molecule has 0 bridgehead atoms. The molecule has 0 fully saturated rings. The van der Waals surface area contributed by atoms with Crippen LogP contribution >= 0.6 is 0 Å². The van der Waals surface area contributed by atoms with Crippen molar-refractivity contribution in [3.8, 4) is 22.5 Å². The number of hydrogen-bond acceptors (Lipinski definition) is 11. The van der Waals surface area contributed by atoms with E-state index in [9.17, 15) is 48.5 Å². The fourth-order valence-corrected chi connectivity index (χ4v) is 9.97. The number of nitrogens with one attached hydrogen (secondary N) is 3. The highest BCUT2D eigenvalue weighted by Gasteiger charge is 2.31. The number of carbonyl (C=O) groups excluding carboxylic acids is 2. The molecule has 2 amide bonds. The van der Waals surface area contributed by atoms with Crippen LogP contribution in [0.3, 0.4) is 0 Å². The van der Waals surface area contributed by atoms with Gasteiger partial charge in [0.05, 0.1) is 16.7 Å². The Bertz CT molecular complexity index is 3480. The van der Waals surface area contributed by atoms with Gasteiger partial charge < -0.3 is 20.4 Å². The van der Waals surface area contributed by atoms with Gasteiger partial charge in [0.15, 0.2) is 0 Å². The third-order valence-corrected chi connectivity index (χ3v) is 15.4. The van der Waals surface area contributed by atoms with E-state index in [-0.39, 0.29) is 62.0 Å². The van der Waals surface area contributed by atoms with Gasteiger partial charge in [-0.1, -0.05) is 71.9 Å². The number of hydrogen-bond donors (Lipinski definition) is 6. The van der Waals surface area contributed by atoms with E-state index in [1.54, 1.807) is 74.4 Å². The lowest BCUT2D eigenvalue weighted by Crippen LogP contribution is -2.30. The minimum Gasteiger partial charge on any atom is -0.456 e. The molecule has 0 saturated carbocycles. The van der Waals surface area contributed by atoms with Crippen LogP contribution in [0, 0.1) is 52.4 Å². The fourth-order valence-electron chi connectivity index (χ4n) is 7.98. The Balaban J connectivity index is 1.74. The Kier molecular flexibility index (Phi) is 13.7. The first-order chi connectivity index (χ1) is 31.3. The molecule has 0 radical (unpaired) electrons. The van der Waals surface area contributed by atoms with Crippen LogP contribution in [0.2, 0.25) is 0 Å². The van der Waals surface area contributed by atoms with Crippen LogP contribution in [-0.4, -0.2) is 50.7 Å². The molecule has 4 aromatic carbocycles. The van der Waals surface area contributed by atoms with Crippen molar-refractivity contribution in [3.63, 3.8) is 0 Å². The van der Waals surface area contributed by atoms with Crippen molar-refractivity contribution in [2.24, 2.45) is 15.8 Å². The molecule has 0 atom stereocenters. The zero-order valence-corrected chi connectivity index (χ0v) is 42.3. The van der Waals surface area contributed by atoms with Gasteiger partial charge in [0.2, 0.25) is 11.8 Å². The van der Waals surface area contributed by atoms with Gasteiger partial charge in [-0.25, -0.2) is 4.99 Å². The van der Waals surface area contributed by atoms with Gasteiger partial charge in [0.25, 0.3) is 30.4 Å². The second-order valence-corrected chi connectivity index (χ2v) is 22.6. The first-order valence-electron chi connectivity index (χ1n) is 21.6. The SMILES string of the molecule is CCC(C)(C)C(=O)Nc1c(C)cc(C)c(/N=c2\cc3oc4cc(Nc5c(C)cc(C)c(NC(=O)C(C)(C)CC)c5C)c(S(=O)(=O)O)cc4c(-c4ccccc4S(=O)(=O)O)c-3cc2S(=O)(=O)O)c1C. The van der Waals surface area contributed by atoms with Gasteiger partial charge in [-0.2, -0.15) is 25.3 Å². The Hall–Kier alpha value is -5.96. The summed E-state index contributed by atoms with van der Waals surface area (Å²) in [5, 5.41) is 8.63. The number of rotatable bonds is 13. The molecule has 0 spiro atoms. The van der Waals surface area contributed by atoms with Gasteiger partial charge in [0.1, 0.15) is 26.0 Å². The monoisotopic (exact) mass is 988 g/mol. The van der Waals surface area contributed by atoms with Crippen LogP contribution in [-0.2, 0) is 39.9 Å². The molecule has 4 aromatic rings. The van der Waals surface area contributed by atoms with E-state index in [0.29, 0.717) is 57.7 Å². The Morgan fingerprint density at radius 3 is 1.63 bits per heavy atom. The minimum atomic E-state index is -5.17. The van der Waals surface area contributed by atoms with Gasteiger partial charge in [-0.05, 0) is 106 Å². The average molecular weight is 989 g/mol. The molecule has 6 rings (SSSR count). The molecule has 19 heteroatoms. The summed E-state index contributed by atoms with van der Waals surface area (Å²) < 4.78 is 118. The highest BCUT2D eigenvalue weighted by atomic mass is 32.2. The van der Waals surface area contributed by atoms with Crippen molar-refractivity contribution in [1.82, 2.24) is 0 Å². The van der Waals surface area contributed by atoms with Gasteiger partial charge in [0, 0.05) is 62.1 Å². The van der Waals surface area contributed by atoms with E-state index in [0.717, 1.165) is 23.8 Å². The van der Waals surface area contributed by atoms with Crippen molar-refractivity contribution < 1.29 is 52.9 Å². The highest BCUT2D eigenvalue weighted by Crippen LogP contribution is 2.46. The number of fused-ring (bicyclic) bond motifs is 2. The van der Waals surface area contributed by atoms with Crippen molar-refractivity contribution in [2.75, 3.05) is 16.0 Å². The molecular formula is C49H56N4O12S3. The highest BCUT2D eigenvalue weighted by molar-refractivity contribution is 7.86. The number of amides is 2. The molecule has 2 aliphatic rings. The first kappa shape index (κ1) is 51.4. The topological polar surface area (TPSA) is 259 Å². The Morgan fingerprint density at radius 2 is 1.10 bits per heavy atom. The minimum absolute atomic E-state index is 0.120. The fraction of sp³-hybridized carbons (Fsp3) is 0.327. The largest absolute Gasteiger partial charge is 0.456 e. The summed E-state index contributed by atoms with van der Waals surface area (Å²) in [5.41, 5.74) is 2.88. The molecule has 16 nitrogen and oxygen atoms in total. The smallest absolute Gasteiger partial charge is 0.296 e. The zero-order chi connectivity index (χ0) is 50.8. The second-order valence-electron chi connectivity index (χ2n) is 18.4. The maximum absolute atomic E-state index is 13.4. The molecule has 68 heavy (non-hydrogen) atoms. The summed E-state index contributed by atoms with van der Waals surface area (Å²) in [7, 11) is -15.3. The predicted molar refractivity (Wildman–Crippen MR) is 263 cm³/mol. The molecule has 6 N–H and O–H groups in total. The zero-order valence-electron chi connectivity index (χ0n) is 39.9. The predicted octanol–water partition coefficient (Wildman–Crippen LogP) is 10.5. The summed E-state index contributed by atoms with van der Waals surface area (Å²) in [6, 6.07) is 13.2. The molecule has 0 aromatic heterocycles. The number of carbonyl (C=O) groups is 2. The molecular weight excluding hydrogens is 933 g/mol. The summed E-state index contributed by atoms with van der Waals surface area (Å²) in [4.78, 5) is 29.3. The number of aryl methyl sites for hydroxylation is 4. The molecule has 0 unspecified atom stereocenters. The van der Waals surface area contributed by atoms with E-state index in [2.05, 4.69) is 16.0 Å². The van der Waals surface area contributed by atoms with Crippen LogP contribution in [0.15, 0.2) is 84.8 Å². The number of benzene rings is 5. The normalized spacial score (nSPS) is 13.0. The summed E-state index contributed by atoms with van der Waals surface area (Å²) in [6.45, 7) is 21.5. The van der Waals surface area contributed by atoms with Gasteiger partial charge >= 0.3 is 0 Å². The van der Waals surface area contributed by atoms with Crippen molar-refractivity contribution in [1.29, 1.82) is 0 Å². The maximum Gasteiger partial charge on any atom is 0.296 e. The van der Waals surface area contributed by atoms with E-state index in [1.165, 1.54) is 30.3 Å². The van der Waals surface area contributed by atoms with E-state index < -0.39 is 55.9 Å². The van der Waals surface area contributed by atoms with Crippen LogP contribution in [0.5, 0.6) is 0 Å². The molecule has 1 aliphatic heterocycles. The number of nitrogens with zero attached hydrogens (tertiary/aromatic N) is 1. The van der Waals surface area contributed by atoms with Crippen molar-refractivity contribution in [2.45, 2.75) is 111 Å². The third-order valence-electron chi connectivity index (χ3n) is 12.8. The van der Waals surface area contributed by atoms with Crippen LogP contribution in [0.25, 0.3) is 33.4 Å². The lowest BCUT2D eigenvalue weighted by atomic mass is 9.88. The molecule has 362 valence electrons. The standard InChI is InChI=1S/C49H56N4O12S3/c1-13-48(9,10)46(54)52-44-27(5)19-25(3)42(29(44)7)50-34-23-36-32(21-39(34)67(59,60)61)41(31-17-15-16-18-38(31)66(56,57)58)33-22-40(68(62,63)64)35(24-37(33)65-36)51-43-26(4)20-28(6)45(30(43)8)53-47(55)49(11,12)14-2/h15-24,50H,13-14H2,1-12H3,(H,52,54)(H,53,55)(H,56,57,58)(H,59,60,61)(H,62,63,64)/b51-35+. The molecule has 0 saturated heterocycles. The maximum atomic E-state index is 13.4. The lowest BCUT2D eigenvalue weighted by molar-refractivity contribution is -0.124. The van der Waals surface area contributed by atoms with Gasteiger partial charge in [-0.15, -0.1) is 0 Å². The molecule has 1 heterocycles. The first-order valence-corrected chi connectivity index (χ1v) is 25.9. The van der Waals surface area contributed by atoms with E-state index in [4.69, 9.17) is 9.41 Å². The average Bonchev–Trinajstić information content (AvgIpc) is 3.24. The Morgan fingerprint density at radius 1 is 0.603 bits per heavy atom. The van der Waals surface area contributed by atoms with E-state index >= 15 is 0 Å². The quantitative estimate of drug-likeness (QED) is 0.0465. The third kappa shape index (κ3) is 9.95. The second kappa shape index (κ2) is 18.2. The van der Waals surface area contributed by atoms with Crippen LogP contribution in [0.1, 0.15) is 87.8 Å². The summed E-state index contributed by atoms with van der Waals surface area (Å²) >= 11 is 0. The summed E-state index contributed by atoms with van der Waals surface area (Å²) in [5.74, 6) is -0.634. The van der Waals surface area contributed by atoms with Gasteiger partial charge in [-0.3, -0.25) is 23.2 Å². The molecule has 1 aliphatic carbocycles. The van der Waals surface area contributed by atoms with Crippen molar-refractivity contribution in [3.05, 3.63) is 99.4 Å². The van der Waals surface area contributed by atoms with Crippen LogP contribution < -0.4 is 21.3 Å². The van der Waals surface area contributed by atoms with Crippen molar-refractivity contribution >= 4 is 81.6 Å². The number of anilines is 4. The van der Waals surface area contributed by atoms with Crippen LogP contribution in [0.4, 0.5) is 28.4 Å². The summed E-state index contributed by atoms with van der Waals surface area (Å²) in [6.07, 6.45) is 1.09.